The number of aromatic amines is 1. The maximum absolute atomic E-state index is 13.5. The molecule has 1 fully saturated rings. The Morgan fingerprint density at radius 3 is 2.43 bits per heavy atom. The van der Waals surface area contributed by atoms with Crippen LogP contribution < -0.4 is 19.9 Å². The number of tetrazole rings is 1. The van der Waals surface area contributed by atoms with Crippen LogP contribution in [0.4, 0.5) is 5.69 Å². The van der Waals surface area contributed by atoms with Crippen LogP contribution in [0.25, 0.3) is 10.9 Å². The van der Waals surface area contributed by atoms with Gasteiger partial charge < -0.3 is 19.4 Å². The second-order valence-corrected chi connectivity index (χ2v) is 10.2. The molecule has 1 aliphatic heterocycles. The van der Waals surface area contributed by atoms with Crippen LogP contribution >= 0.6 is 0 Å². The number of methoxy groups -OCH3 is 2. The van der Waals surface area contributed by atoms with Gasteiger partial charge in [0.1, 0.15) is 17.5 Å². The average molecular weight is 504 g/mol. The minimum atomic E-state index is -0.423. The number of nitrogens with zero attached hydrogens (tertiary/aromatic N) is 6. The summed E-state index contributed by atoms with van der Waals surface area (Å²) in [6.07, 6.45) is 0. The first-order valence-electron chi connectivity index (χ1n) is 12.4. The molecule has 37 heavy (non-hydrogen) atoms. The number of aromatic nitrogens is 5. The molecule has 5 rings (SSSR count). The Bertz CT molecular complexity index is 1450. The lowest BCUT2D eigenvalue weighted by Crippen LogP contribution is -2.49. The molecule has 1 N–H and O–H groups in total. The predicted octanol–water partition coefficient (Wildman–Crippen LogP) is 3.20. The van der Waals surface area contributed by atoms with Gasteiger partial charge in [0.25, 0.3) is 5.56 Å². The number of pyridine rings is 1. The lowest BCUT2D eigenvalue weighted by atomic mass is 10.0. The SMILES string of the molecule is COc1ccc2[nH]c(=O)c(C(c3nnnn3C(C)(C)C)N3CCN(c4ccccc4OC)CC3)cc2c1. The molecule has 2 aromatic heterocycles. The Morgan fingerprint density at radius 1 is 0.973 bits per heavy atom. The molecule has 194 valence electrons. The zero-order valence-corrected chi connectivity index (χ0v) is 21.9. The third kappa shape index (κ3) is 4.76. The van der Waals surface area contributed by atoms with Crippen LogP contribution in [0.2, 0.25) is 0 Å². The summed E-state index contributed by atoms with van der Waals surface area (Å²) < 4.78 is 12.8. The van der Waals surface area contributed by atoms with Crippen molar-refractivity contribution in [2.45, 2.75) is 32.4 Å². The highest BCUT2D eigenvalue weighted by Gasteiger charge is 2.35. The van der Waals surface area contributed by atoms with Crippen LogP contribution in [-0.2, 0) is 5.54 Å². The normalized spacial score (nSPS) is 15.6. The number of hydrogen-bond acceptors (Lipinski definition) is 8. The summed E-state index contributed by atoms with van der Waals surface area (Å²) in [5, 5.41) is 13.6. The molecule has 0 radical (unpaired) electrons. The van der Waals surface area contributed by atoms with E-state index in [1.54, 1.807) is 14.2 Å². The van der Waals surface area contributed by atoms with Gasteiger partial charge in [-0.2, -0.15) is 0 Å². The molecule has 1 atom stereocenters. The van der Waals surface area contributed by atoms with E-state index in [2.05, 4.69) is 57.1 Å². The van der Waals surface area contributed by atoms with Crippen molar-refractivity contribution in [2.75, 3.05) is 45.3 Å². The molecule has 0 aliphatic carbocycles. The second-order valence-electron chi connectivity index (χ2n) is 10.2. The minimum absolute atomic E-state index is 0.154. The van der Waals surface area contributed by atoms with Crippen LogP contribution in [0.1, 0.15) is 38.2 Å². The highest BCUT2D eigenvalue weighted by atomic mass is 16.5. The number of anilines is 1. The van der Waals surface area contributed by atoms with Gasteiger partial charge in [-0.25, -0.2) is 4.68 Å². The first-order valence-corrected chi connectivity index (χ1v) is 12.4. The molecule has 3 heterocycles. The molecule has 10 nitrogen and oxygen atoms in total. The fourth-order valence-corrected chi connectivity index (χ4v) is 4.99. The van der Waals surface area contributed by atoms with Crippen molar-refractivity contribution < 1.29 is 9.47 Å². The van der Waals surface area contributed by atoms with E-state index in [-0.39, 0.29) is 11.1 Å². The van der Waals surface area contributed by atoms with Crippen LogP contribution in [-0.4, -0.2) is 70.5 Å². The minimum Gasteiger partial charge on any atom is -0.497 e. The van der Waals surface area contributed by atoms with Crippen molar-refractivity contribution >= 4 is 16.6 Å². The van der Waals surface area contributed by atoms with E-state index in [1.165, 1.54) is 0 Å². The summed E-state index contributed by atoms with van der Waals surface area (Å²) in [7, 11) is 3.33. The van der Waals surface area contributed by atoms with Crippen molar-refractivity contribution in [3.8, 4) is 11.5 Å². The van der Waals surface area contributed by atoms with Crippen molar-refractivity contribution in [3.63, 3.8) is 0 Å². The number of para-hydroxylation sites is 2. The molecule has 2 aromatic carbocycles. The Labute approximate surface area is 215 Å². The smallest absolute Gasteiger partial charge is 0.253 e. The van der Waals surface area contributed by atoms with E-state index in [9.17, 15) is 4.79 Å². The van der Waals surface area contributed by atoms with Crippen molar-refractivity contribution in [2.24, 2.45) is 0 Å². The number of rotatable bonds is 6. The third-order valence-corrected chi connectivity index (χ3v) is 6.85. The highest BCUT2D eigenvalue weighted by Crippen LogP contribution is 2.33. The van der Waals surface area contributed by atoms with E-state index in [1.807, 2.05) is 47.1 Å². The molecule has 0 amide bonds. The lowest BCUT2D eigenvalue weighted by molar-refractivity contribution is 0.190. The number of benzene rings is 2. The summed E-state index contributed by atoms with van der Waals surface area (Å²) in [4.78, 5) is 21.1. The lowest BCUT2D eigenvalue weighted by Gasteiger charge is -2.40. The quantitative estimate of drug-likeness (QED) is 0.428. The molecule has 10 heteroatoms. The fourth-order valence-electron chi connectivity index (χ4n) is 4.99. The number of piperazine rings is 1. The maximum Gasteiger partial charge on any atom is 0.253 e. The van der Waals surface area contributed by atoms with Gasteiger partial charge in [0, 0.05) is 42.6 Å². The number of ether oxygens (including phenoxy) is 2. The average Bonchev–Trinajstić information content (AvgIpc) is 3.39. The molecule has 1 aliphatic rings. The summed E-state index contributed by atoms with van der Waals surface area (Å²) in [6.45, 7) is 9.14. The van der Waals surface area contributed by atoms with Crippen molar-refractivity contribution in [1.82, 2.24) is 30.1 Å². The van der Waals surface area contributed by atoms with Gasteiger partial charge >= 0.3 is 0 Å². The Balaban J connectivity index is 1.56. The number of fused-ring (bicyclic) bond motifs is 1. The molecular formula is C27H33N7O3. The van der Waals surface area contributed by atoms with E-state index < -0.39 is 6.04 Å². The number of H-pyrrole nitrogens is 1. The first kappa shape index (κ1) is 24.8. The molecule has 4 aromatic rings. The monoisotopic (exact) mass is 503 g/mol. The number of hydrogen-bond donors (Lipinski definition) is 1. The van der Waals surface area contributed by atoms with Gasteiger partial charge in [0.15, 0.2) is 5.82 Å². The number of nitrogens with one attached hydrogen (secondary N) is 1. The zero-order valence-electron chi connectivity index (χ0n) is 21.9. The van der Waals surface area contributed by atoms with E-state index in [0.29, 0.717) is 11.4 Å². The third-order valence-electron chi connectivity index (χ3n) is 6.85. The standard InChI is InChI=1S/C27H33N7O3/c1-27(2,3)34-25(29-30-31-34)24(20-17-18-16-19(36-4)10-11-21(18)28-26(20)35)33-14-12-32(13-15-33)22-8-6-7-9-23(22)37-5/h6-11,16-17,24H,12-15H2,1-5H3,(H,28,35). The van der Waals surface area contributed by atoms with Crippen LogP contribution in [0.3, 0.4) is 0 Å². The summed E-state index contributed by atoms with van der Waals surface area (Å²) in [6, 6.07) is 15.2. The summed E-state index contributed by atoms with van der Waals surface area (Å²) >= 11 is 0. The zero-order chi connectivity index (χ0) is 26.2. The van der Waals surface area contributed by atoms with Gasteiger partial charge in [0.05, 0.1) is 25.4 Å². The van der Waals surface area contributed by atoms with E-state index >= 15 is 0 Å². The molecule has 0 bridgehead atoms. The predicted molar refractivity (Wildman–Crippen MR) is 143 cm³/mol. The van der Waals surface area contributed by atoms with Gasteiger partial charge in [0.2, 0.25) is 0 Å². The largest absolute Gasteiger partial charge is 0.497 e. The van der Waals surface area contributed by atoms with Crippen molar-refractivity contribution in [1.29, 1.82) is 0 Å². The van der Waals surface area contributed by atoms with Crippen LogP contribution in [0.15, 0.2) is 53.3 Å². The van der Waals surface area contributed by atoms with Crippen LogP contribution in [0, 0.1) is 0 Å². The molecule has 1 unspecified atom stereocenters. The van der Waals surface area contributed by atoms with Gasteiger partial charge in [-0.3, -0.25) is 9.69 Å². The first-order chi connectivity index (χ1) is 17.8. The highest BCUT2D eigenvalue weighted by molar-refractivity contribution is 5.80. The van der Waals surface area contributed by atoms with E-state index in [0.717, 1.165) is 54.3 Å². The Morgan fingerprint density at radius 2 is 1.73 bits per heavy atom. The Hall–Kier alpha value is -3.92. The van der Waals surface area contributed by atoms with Gasteiger partial charge in [-0.1, -0.05) is 12.1 Å². The van der Waals surface area contributed by atoms with E-state index in [4.69, 9.17) is 9.47 Å². The fraction of sp³-hybridized carbons (Fsp3) is 0.407. The van der Waals surface area contributed by atoms with Crippen molar-refractivity contribution in [3.05, 3.63) is 70.3 Å². The molecule has 0 saturated carbocycles. The van der Waals surface area contributed by atoms with Gasteiger partial charge in [-0.15, -0.1) is 5.10 Å². The summed E-state index contributed by atoms with van der Waals surface area (Å²) in [5.74, 6) is 2.22. The summed E-state index contributed by atoms with van der Waals surface area (Å²) in [5.41, 5.74) is 1.91. The van der Waals surface area contributed by atoms with Gasteiger partial charge in [-0.05, 0) is 67.6 Å². The molecular weight excluding hydrogens is 470 g/mol. The molecule has 1 saturated heterocycles. The Kier molecular flexibility index (Phi) is 6.59. The van der Waals surface area contributed by atoms with Crippen LogP contribution in [0.5, 0.6) is 11.5 Å². The maximum atomic E-state index is 13.5. The molecule has 0 spiro atoms. The topological polar surface area (TPSA) is 101 Å². The second kappa shape index (κ2) is 9.85.